The minimum absolute atomic E-state index is 0.163. The zero-order valence-corrected chi connectivity index (χ0v) is 21.0. The SMILES string of the molecule is Cc1ccc(N2C(=O)NC(=O)/C(=C\c3c(OCc4cccc(Cl)c4)ccc4ccccc34)C2=O)c(C)c1. The van der Waals surface area contributed by atoms with Crippen LogP contribution in [0.1, 0.15) is 22.3 Å². The van der Waals surface area contributed by atoms with Gasteiger partial charge in [-0.3, -0.25) is 14.9 Å². The summed E-state index contributed by atoms with van der Waals surface area (Å²) < 4.78 is 6.14. The highest BCUT2D eigenvalue weighted by molar-refractivity contribution is 6.39. The normalized spacial score (nSPS) is 14.8. The van der Waals surface area contributed by atoms with Gasteiger partial charge >= 0.3 is 6.03 Å². The molecule has 5 rings (SSSR count). The summed E-state index contributed by atoms with van der Waals surface area (Å²) in [5.41, 5.74) is 3.43. The highest BCUT2D eigenvalue weighted by Crippen LogP contribution is 2.33. The molecule has 0 aromatic heterocycles. The number of nitrogens with zero attached hydrogens (tertiary/aromatic N) is 1. The number of carbonyl (C=O) groups is 3. The molecule has 1 heterocycles. The summed E-state index contributed by atoms with van der Waals surface area (Å²) in [5.74, 6) is -0.971. The number of anilines is 1. The first-order valence-electron chi connectivity index (χ1n) is 11.7. The van der Waals surface area contributed by atoms with Crippen molar-refractivity contribution in [2.75, 3.05) is 4.90 Å². The fraction of sp³-hybridized carbons (Fsp3) is 0.100. The molecule has 0 saturated carbocycles. The molecule has 4 aromatic rings. The highest BCUT2D eigenvalue weighted by atomic mass is 35.5. The first-order chi connectivity index (χ1) is 17.8. The summed E-state index contributed by atoms with van der Waals surface area (Å²) in [4.78, 5) is 40.2. The Kier molecular flexibility index (Phi) is 6.51. The molecule has 37 heavy (non-hydrogen) atoms. The molecule has 4 aromatic carbocycles. The van der Waals surface area contributed by atoms with Gasteiger partial charge in [0.15, 0.2) is 0 Å². The van der Waals surface area contributed by atoms with Crippen molar-refractivity contribution < 1.29 is 19.1 Å². The van der Waals surface area contributed by atoms with E-state index in [1.165, 1.54) is 6.08 Å². The Morgan fingerprint density at radius 1 is 0.919 bits per heavy atom. The van der Waals surface area contributed by atoms with Crippen molar-refractivity contribution in [3.63, 3.8) is 0 Å². The van der Waals surface area contributed by atoms with E-state index in [4.69, 9.17) is 16.3 Å². The number of urea groups is 1. The van der Waals surface area contributed by atoms with Crippen molar-refractivity contribution in [3.05, 3.63) is 112 Å². The number of imide groups is 2. The van der Waals surface area contributed by atoms with Gasteiger partial charge in [-0.1, -0.05) is 71.8 Å². The molecule has 0 radical (unpaired) electrons. The second-order valence-corrected chi connectivity index (χ2v) is 9.30. The molecular formula is C30H23ClN2O4. The maximum Gasteiger partial charge on any atom is 0.335 e. The van der Waals surface area contributed by atoms with Crippen LogP contribution >= 0.6 is 11.6 Å². The smallest absolute Gasteiger partial charge is 0.335 e. The Morgan fingerprint density at radius 3 is 2.51 bits per heavy atom. The highest BCUT2D eigenvalue weighted by Gasteiger charge is 2.37. The number of aryl methyl sites for hydroxylation is 2. The van der Waals surface area contributed by atoms with E-state index in [0.29, 0.717) is 22.0 Å². The van der Waals surface area contributed by atoms with Crippen LogP contribution in [-0.2, 0) is 16.2 Å². The molecule has 7 heteroatoms. The minimum atomic E-state index is -0.783. The van der Waals surface area contributed by atoms with E-state index in [1.807, 2.05) is 74.5 Å². The molecule has 0 atom stereocenters. The summed E-state index contributed by atoms with van der Waals surface area (Å²) in [6.45, 7) is 3.98. The second kappa shape index (κ2) is 9.91. The molecule has 1 N–H and O–H groups in total. The quantitative estimate of drug-likeness (QED) is 0.250. The van der Waals surface area contributed by atoms with Gasteiger partial charge in [-0.05, 0) is 66.1 Å². The van der Waals surface area contributed by atoms with Gasteiger partial charge in [-0.25, -0.2) is 9.69 Å². The third kappa shape index (κ3) is 4.84. The number of rotatable bonds is 5. The molecule has 0 spiro atoms. The predicted molar refractivity (Wildman–Crippen MR) is 145 cm³/mol. The van der Waals surface area contributed by atoms with E-state index >= 15 is 0 Å². The first kappa shape index (κ1) is 24.3. The maximum atomic E-state index is 13.6. The van der Waals surface area contributed by atoms with Crippen molar-refractivity contribution in [1.29, 1.82) is 0 Å². The molecular weight excluding hydrogens is 488 g/mol. The largest absolute Gasteiger partial charge is 0.488 e. The molecule has 1 fully saturated rings. The summed E-state index contributed by atoms with van der Waals surface area (Å²) >= 11 is 6.11. The number of carbonyl (C=O) groups excluding carboxylic acids is 3. The number of fused-ring (bicyclic) bond motifs is 1. The van der Waals surface area contributed by atoms with Gasteiger partial charge in [0.1, 0.15) is 17.9 Å². The number of hydrogen-bond acceptors (Lipinski definition) is 4. The molecule has 4 amide bonds. The van der Waals surface area contributed by atoms with Crippen molar-refractivity contribution >= 4 is 52.0 Å². The molecule has 0 bridgehead atoms. The van der Waals surface area contributed by atoms with Crippen LogP contribution in [0, 0.1) is 13.8 Å². The Bertz CT molecular complexity index is 1610. The van der Waals surface area contributed by atoms with Crippen LogP contribution in [-0.4, -0.2) is 17.8 Å². The van der Waals surface area contributed by atoms with Crippen LogP contribution in [0.25, 0.3) is 16.8 Å². The van der Waals surface area contributed by atoms with Gasteiger partial charge < -0.3 is 4.74 Å². The fourth-order valence-electron chi connectivity index (χ4n) is 4.42. The van der Waals surface area contributed by atoms with E-state index in [9.17, 15) is 14.4 Å². The zero-order valence-electron chi connectivity index (χ0n) is 20.2. The number of nitrogens with one attached hydrogen (secondary N) is 1. The second-order valence-electron chi connectivity index (χ2n) is 8.86. The summed E-state index contributed by atoms with van der Waals surface area (Å²) in [6, 6.07) is 23.3. The van der Waals surface area contributed by atoms with Crippen LogP contribution in [0.4, 0.5) is 10.5 Å². The van der Waals surface area contributed by atoms with Crippen molar-refractivity contribution in [1.82, 2.24) is 5.32 Å². The number of barbiturate groups is 1. The molecule has 0 unspecified atom stereocenters. The van der Waals surface area contributed by atoms with E-state index in [1.54, 1.807) is 18.2 Å². The van der Waals surface area contributed by atoms with Gasteiger partial charge in [-0.2, -0.15) is 0 Å². The third-order valence-electron chi connectivity index (χ3n) is 6.20. The number of halogens is 1. The first-order valence-corrected chi connectivity index (χ1v) is 12.1. The van der Waals surface area contributed by atoms with Crippen LogP contribution in [0.15, 0.2) is 84.4 Å². The van der Waals surface area contributed by atoms with Crippen molar-refractivity contribution in [2.45, 2.75) is 20.5 Å². The molecule has 1 aliphatic rings. The van der Waals surface area contributed by atoms with Gasteiger partial charge in [-0.15, -0.1) is 0 Å². The topological polar surface area (TPSA) is 75.7 Å². The van der Waals surface area contributed by atoms with E-state index < -0.39 is 17.8 Å². The number of amides is 4. The lowest BCUT2D eigenvalue weighted by atomic mass is 9.99. The maximum absolute atomic E-state index is 13.6. The minimum Gasteiger partial charge on any atom is -0.488 e. The van der Waals surface area contributed by atoms with Crippen LogP contribution in [0.3, 0.4) is 0 Å². The Hall–Kier alpha value is -4.42. The average Bonchev–Trinajstić information content (AvgIpc) is 2.87. The summed E-state index contributed by atoms with van der Waals surface area (Å²) in [6.07, 6.45) is 1.50. The molecule has 1 aliphatic heterocycles. The molecule has 1 saturated heterocycles. The lowest BCUT2D eigenvalue weighted by molar-refractivity contribution is -0.122. The van der Waals surface area contributed by atoms with Crippen molar-refractivity contribution in [3.8, 4) is 5.75 Å². The Morgan fingerprint density at radius 2 is 1.73 bits per heavy atom. The van der Waals surface area contributed by atoms with Crippen molar-refractivity contribution in [2.24, 2.45) is 0 Å². The molecule has 184 valence electrons. The predicted octanol–water partition coefficient (Wildman–Crippen LogP) is 6.36. The van der Waals surface area contributed by atoms with Gasteiger partial charge in [0, 0.05) is 10.6 Å². The Labute approximate surface area is 219 Å². The van der Waals surface area contributed by atoms with Crippen LogP contribution in [0.5, 0.6) is 5.75 Å². The van der Waals surface area contributed by atoms with Gasteiger partial charge in [0.2, 0.25) is 0 Å². The Balaban J connectivity index is 1.59. The van der Waals surface area contributed by atoms with Crippen LogP contribution < -0.4 is 15.0 Å². The van der Waals surface area contributed by atoms with Gasteiger partial charge in [0.05, 0.1) is 5.69 Å². The summed E-state index contributed by atoms with van der Waals surface area (Å²) in [7, 11) is 0. The van der Waals surface area contributed by atoms with E-state index in [2.05, 4.69) is 5.32 Å². The lowest BCUT2D eigenvalue weighted by Gasteiger charge is -2.28. The third-order valence-corrected chi connectivity index (χ3v) is 6.43. The monoisotopic (exact) mass is 510 g/mol. The van der Waals surface area contributed by atoms with Gasteiger partial charge in [0.25, 0.3) is 11.8 Å². The number of benzene rings is 4. The molecule has 6 nitrogen and oxygen atoms in total. The average molecular weight is 511 g/mol. The summed E-state index contributed by atoms with van der Waals surface area (Å²) in [5, 5.41) is 4.62. The number of hydrogen-bond donors (Lipinski definition) is 1. The fourth-order valence-corrected chi connectivity index (χ4v) is 4.63. The molecule has 0 aliphatic carbocycles. The number of ether oxygens (including phenoxy) is 1. The van der Waals surface area contributed by atoms with E-state index in [0.717, 1.165) is 32.4 Å². The lowest BCUT2D eigenvalue weighted by Crippen LogP contribution is -2.54. The zero-order chi connectivity index (χ0) is 26.1. The van der Waals surface area contributed by atoms with E-state index in [-0.39, 0.29) is 12.2 Å². The standard InChI is InChI=1S/C30H23ClN2O4/c1-18-10-12-26(19(2)14-18)33-29(35)25(28(34)32-30(33)36)16-24-23-9-4-3-7-21(23)11-13-27(24)37-17-20-6-5-8-22(31)15-20/h3-16H,17H2,1-2H3,(H,32,34,36)/b25-16+. The van der Waals surface area contributed by atoms with Crippen LogP contribution in [0.2, 0.25) is 5.02 Å².